The van der Waals surface area contributed by atoms with Gasteiger partial charge in [0.2, 0.25) is 6.29 Å². The first-order valence-electron chi connectivity index (χ1n) is 5.09. The number of aliphatic hydroxyl groups excluding tert-OH is 3. The maximum atomic E-state index is 11.2. The van der Waals surface area contributed by atoms with E-state index < -0.39 is 49.8 Å². The lowest BCUT2D eigenvalue weighted by atomic mass is 9.98. The summed E-state index contributed by atoms with van der Waals surface area (Å²) in [6.07, 6.45) is -5.23. The van der Waals surface area contributed by atoms with Gasteiger partial charge in [-0.05, 0) is 5.53 Å². The van der Waals surface area contributed by atoms with Crippen LogP contribution in [0.4, 0.5) is 0 Å². The summed E-state index contributed by atoms with van der Waals surface area (Å²) in [6, 6.07) is -1.17. The van der Waals surface area contributed by atoms with Crippen LogP contribution in [0.15, 0.2) is 5.11 Å². The number of hydrogen-bond donors (Lipinski definition) is 4. The fourth-order valence-corrected chi connectivity index (χ4v) is 1.47. The van der Waals surface area contributed by atoms with Crippen molar-refractivity contribution in [3.05, 3.63) is 10.4 Å². The molecular formula is C8H14N4O6. The van der Waals surface area contributed by atoms with Crippen LogP contribution in [0.5, 0.6) is 0 Å². The molecule has 1 aliphatic rings. The smallest absolute Gasteiger partial charge is 0.314 e. The second kappa shape index (κ2) is 6.50. The molecule has 5 atom stereocenters. The van der Waals surface area contributed by atoms with E-state index in [-0.39, 0.29) is 0 Å². The van der Waals surface area contributed by atoms with Crippen LogP contribution in [0.1, 0.15) is 0 Å². The van der Waals surface area contributed by atoms with Crippen LogP contribution in [-0.4, -0.2) is 65.1 Å². The van der Waals surface area contributed by atoms with Gasteiger partial charge in [-0.2, -0.15) is 0 Å². The summed E-state index contributed by atoms with van der Waals surface area (Å²) in [7, 11) is 0. The Hall–Kier alpha value is -1.42. The Labute approximate surface area is 102 Å². The topological polar surface area (TPSA) is 171 Å². The van der Waals surface area contributed by atoms with Crippen LogP contribution in [0, 0.1) is 0 Å². The van der Waals surface area contributed by atoms with Crippen molar-refractivity contribution in [2.75, 3.05) is 13.2 Å². The molecule has 0 aliphatic carbocycles. The van der Waals surface area contributed by atoms with Crippen LogP contribution >= 0.6 is 0 Å². The van der Waals surface area contributed by atoms with Gasteiger partial charge in [0.15, 0.2) is 0 Å². The average molecular weight is 262 g/mol. The van der Waals surface area contributed by atoms with Crippen LogP contribution in [0.2, 0.25) is 0 Å². The average Bonchev–Trinajstić information content (AvgIpc) is 2.37. The van der Waals surface area contributed by atoms with Crippen molar-refractivity contribution < 1.29 is 29.6 Å². The number of rotatable bonds is 4. The van der Waals surface area contributed by atoms with E-state index in [2.05, 4.69) is 10.0 Å². The van der Waals surface area contributed by atoms with E-state index in [1.165, 1.54) is 0 Å². The lowest BCUT2D eigenvalue weighted by Gasteiger charge is -2.39. The van der Waals surface area contributed by atoms with Crippen LogP contribution in [0.3, 0.4) is 0 Å². The van der Waals surface area contributed by atoms with Gasteiger partial charge in [-0.1, -0.05) is 5.11 Å². The molecule has 0 aromatic rings. The summed E-state index contributed by atoms with van der Waals surface area (Å²) in [5.74, 6) is -0.895. The Morgan fingerprint density at radius 3 is 2.72 bits per heavy atom. The molecule has 0 spiro atoms. The van der Waals surface area contributed by atoms with E-state index in [4.69, 9.17) is 25.8 Å². The van der Waals surface area contributed by atoms with Gasteiger partial charge in [0.25, 0.3) is 0 Å². The van der Waals surface area contributed by atoms with Gasteiger partial charge in [-0.15, -0.1) is 0 Å². The molecule has 0 saturated carbocycles. The predicted octanol–water partition coefficient (Wildman–Crippen LogP) is -2.39. The molecular weight excluding hydrogens is 248 g/mol. The molecule has 18 heavy (non-hydrogen) atoms. The molecule has 1 unspecified atom stereocenters. The zero-order valence-corrected chi connectivity index (χ0v) is 9.29. The third-order valence-corrected chi connectivity index (χ3v) is 2.44. The van der Waals surface area contributed by atoms with E-state index in [1.807, 2.05) is 0 Å². The van der Waals surface area contributed by atoms with Gasteiger partial charge >= 0.3 is 5.97 Å². The van der Waals surface area contributed by atoms with Crippen LogP contribution in [0.25, 0.3) is 10.4 Å². The molecule has 10 heteroatoms. The fourth-order valence-electron chi connectivity index (χ4n) is 1.47. The first kappa shape index (κ1) is 14.6. The molecule has 1 saturated heterocycles. The number of nitrogens with two attached hydrogens (primary N) is 1. The van der Waals surface area contributed by atoms with Gasteiger partial charge in [0.05, 0.1) is 12.6 Å². The van der Waals surface area contributed by atoms with Gasteiger partial charge in [-0.25, -0.2) is 0 Å². The molecule has 0 amide bonds. The van der Waals surface area contributed by atoms with Gasteiger partial charge in [0, 0.05) is 4.91 Å². The summed E-state index contributed by atoms with van der Waals surface area (Å²) in [5, 5.41) is 30.9. The lowest BCUT2D eigenvalue weighted by molar-refractivity contribution is -0.258. The number of hydrogen-bond acceptors (Lipinski definition) is 8. The summed E-state index contributed by atoms with van der Waals surface area (Å²) in [6.45, 7) is -1.12. The standard InChI is InChI=1S/C8H14N4O6/c9-5-7(16)6(15)3(2-13)17-8(5)18-4(14)1-11-12-10/h3,5-8,13,15-16H,1-2,9H2/t3-,5-,6-,7-,8?/m1/s1. The summed E-state index contributed by atoms with van der Waals surface area (Å²) < 4.78 is 9.74. The van der Waals surface area contributed by atoms with Crippen molar-refractivity contribution in [2.24, 2.45) is 10.8 Å². The molecule has 0 aromatic heterocycles. The molecule has 1 rings (SSSR count). The third-order valence-electron chi connectivity index (χ3n) is 2.44. The molecule has 1 aliphatic heterocycles. The lowest BCUT2D eigenvalue weighted by Crippen LogP contribution is -2.62. The summed E-state index contributed by atoms with van der Waals surface area (Å²) in [4.78, 5) is 13.5. The molecule has 0 bridgehead atoms. The Kier molecular flexibility index (Phi) is 5.28. The second-order valence-electron chi connectivity index (χ2n) is 3.66. The van der Waals surface area contributed by atoms with Crippen molar-refractivity contribution in [3.63, 3.8) is 0 Å². The molecule has 1 heterocycles. The van der Waals surface area contributed by atoms with Gasteiger partial charge in [-0.3, -0.25) is 4.79 Å². The molecule has 5 N–H and O–H groups in total. The second-order valence-corrected chi connectivity index (χ2v) is 3.66. The predicted molar refractivity (Wildman–Crippen MR) is 55.8 cm³/mol. The van der Waals surface area contributed by atoms with Crippen molar-refractivity contribution in [1.82, 2.24) is 0 Å². The number of carbonyl (C=O) groups is 1. The Morgan fingerprint density at radius 1 is 1.50 bits per heavy atom. The minimum absolute atomic E-state index is 0.550. The SMILES string of the molecule is [N-]=[N+]=NCC(=O)OC1O[C@H](CO)[C@@H](O)[C@H](O)[C@H]1N. The number of carbonyl (C=O) groups excluding carboxylic acids is 1. The normalized spacial score (nSPS) is 35.7. The number of nitrogens with zero attached hydrogens (tertiary/aromatic N) is 3. The zero-order valence-electron chi connectivity index (χ0n) is 9.29. The van der Waals surface area contributed by atoms with Crippen LogP contribution in [-0.2, 0) is 14.3 Å². The van der Waals surface area contributed by atoms with Gasteiger partial charge < -0.3 is 30.5 Å². The maximum absolute atomic E-state index is 11.2. The van der Waals surface area contributed by atoms with E-state index in [1.54, 1.807) is 0 Å². The molecule has 1 fully saturated rings. The minimum atomic E-state index is -1.41. The largest absolute Gasteiger partial charge is 0.434 e. The molecule has 10 nitrogen and oxygen atoms in total. The number of ether oxygens (including phenoxy) is 2. The van der Waals surface area contributed by atoms with Crippen LogP contribution < -0.4 is 5.73 Å². The number of aliphatic hydroxyl groups is 3. The summed E-state index contributed by atoms with van der Waals surface area (Å²) >= 11 is 0. The minimum Gasteiger partial charge on any atom is -0.434 e. The highest BCUT2D eigenvalue weighted by atomic mass is 16.7. The van der Waals surface area contributed by atoms with E-state index >= 15 is 0 Å². The maximum Gasteiger partial charge on any atom is 0.314 e. The highest BCUT2D eigenvalue weighted by molar-refractivity contribution is 5.71. The first-order chi connectivity index (χ1) is 8.51. The molecule has 0 aromatic carbocycles. The van der Waals surface area contributed by atoms with Crippen molar-refractivity contribution in [1.29, 1.82) is 0 Å². The van der Waals surface area contributed by atoms with E-state index in [0.29, 0.717) is 0 Å². The quantitative estimate of drug-likeness (QED) is 0.189. The van der Waals surface area contributed by atoms with Crippen molar-refractivity contribution >= 4 is 5.97 Å². The highest BCUT2D eigenvalue weighted by Crippen LogP contribution is 2.20. The van der Waals surface area contributed by atoms with Crippen molar-refractivity contribution in [3.8, 4) is 0 Å². The Morgan fingerprint density at radius 2 is 2.17 bits per heavy atom. The van der Waals surface area contributed by atoms with E-state index in [0.717, 1.165) is 0 Å². The first-order valence-corrected chi connectivity index (χ1v) is 5.09. The van der Waals surface area contributed by atoms with Gasteiger partial charge in [0.1, 0.15) is 24.9 Å². The number of azide groups is 1. The zero-order chi connectivity index (χ0) is 13.7. The van der Waals surface area contributed by atoms with E-state index in [9.17, 15) is 15.0 Å². The highest BCUT2D eigenvalue weighted by Gasteiger charge is 2.44. The molecule has 0 radical (unpaired) electrons. The third kappa shape index (κ3) is 3.29. The monoisotopic (exact) mass is 262 g/mol. The number of esters is 1. The fraction of sp³-hybridized carbons (Fsp3) is 0.875. The Bertz CT molecular complexity index is 344. The molecule has 102 valence electrons. The Balaban J connectivity index is 2.64. The summed E-state index contributed by atoms with van der Waals surface area (Å²) in [5.41, 5.74) is 13.5. The van der Waals surface area contributed by atoms with Crippen molar-refractivity contribution in [2.45, 2.75) is 30.6 Å².